The maximum atomic E-state index is 5.76. The summed E-state index contributed by atoms with van der Waals surface area (Å²) in [4.78, 5) is 12.5. The van der Waals surface area contributed by atoms with Crippen LogP contribution in [0.25, 0.3) is 0 Å². The molecule has 0 aliphatic carbocycles. The van der Waals surface area contributed by atoms with Gasteiger partial charge in [-0.05, 0) is 55.5 Å². The molecule has 1 aliphatic rings. The zero-order valence-corrected chi connectivity index (χ0v) is 16.6. The number of nitrogens with one attached hydrogen (secondary N) is 1. The SMILES string of the molecule is Cc1cnc(Nc2ccc(N3CCOCC3)cc2)nc1Sc1ccc(N)cc1. The van der Waals surface area contributed by atoms with Gasteiger partial charge < -0.3 is 20.7 Å². The standard InChI is InChI=1S/C21H23N5OS/c1-15-14-23-21(25-20(15)28-19-8-2-16(22)3-9-19)24-17-4-6-18(7-5-17)26-10-12-27-13-11-26/h2-9,14H,10-13,22H2,1H3,(H,23,24,25). The number of aryl methyl sites for hydroxylation is 1. The highest BCUT2D eigenvalue weighted by molar-refractivity contribution is 7.99. The molecule has 0 unspecified atom stereocenters. The normalized spacial score (nSPS) is 14.1. The van der Waals surface area contributed by atoms with Crippen molar-refractivity contribution >= 4 is 34.8 Å². The summed E-state index contributed by atoms with van der Waals surface area (Å²) in [5.41, 5.74) is 9.73. The molecule has 4 rings (SSSR count). The fourth-order valence-electron chi connectivity index (χ4n) is 2.94. The van der Waals surface area contributed by atoms with Gasteiger partial charge in [-0.25, -0.2) is 9.97 Å². The van der Waals surface area contributed by atoms with Gasteiger partial charge in [0.15, 0.2) is 0 Å². The van der Waals surface area contributed by atoms with Crippen molar-refractivity contribution in [1.29, 1.82) is 0 Å². The van der Waals surface area contributed by atoms with E-state index in [0.29, 0.717) is 5.95 Å². The number of nitrogen functional groups attached to an aromatic ring is 1. The molecular formula is C21H23N5OS. The Bertz CT molecular complexity index is 925. The number of aromatic nitrogens is 2. The van der Waals surface area contributed by atoms with Crippen molar-refractivity contribution in [3.8, 4) is 0 Å². The second kappa shape index (κ2) is 8.50. The largest absolute Gasteiger partial charge is 0.399 e. The summed E-state index contributed by atoms with van der Waals surface area (Å²) in [6.45, 7) is 5.44. The Balaban J connectivity index is 1.46. The second-order valence-electron chi connectivity index (χ2n) is 6.62. The molecular weight excluding hydrogens is 370 g/mol. The van der Waals surface area contributed by atoms with Crippen LogP contribution in [0.1, 0.15) is 5.56 Å². The van der Waals surface area contributed by atoms with E-state index in [0.717, 1.165) is 53.2 Å². The van der Waals surface area contributed by atoms with E-state index in [9.17, 15) is 0 Å². The first-order valence-corrected chi connectivity index (χ1v) is 10.1. The van der Waals surface area contributed by atoms with Crippen molar-refractivity contribution in [2.75, 3.05) is 42.3 Å². The van der Waals surface area contributed by atoms with Crippen molar-refractivity contribution < 1.29 is 4.74 Å². The molecule has 1 aromatic heterocycles. The number of rotatable bonds is 5. The van der Waals surface area contributed by atoms with Crippen molar-refractivity contribution in [3.63, 3.8) is 0 Å². The van der Waals surface area contributed by atoms with Crippen molar-refractivity contribution in [3.05, 3.63) is 60.3 Å². The molecule has 3 N–H and O–H groups in total. The number of nitrogens with two attached hydrogens (primary N) is 1. The lowest BCUT2D eigenvalue weighted by Crippen LogP contribution is -2.36. The number of benzene rings is 2. The average Bonchev–Trinajstić information content (AvgIpc) is 2.73. The number of nitrogens with zero attached hydrogens (tertiary/aromatic N) is 3. The molecule has 0 atom stereocenters. The van der Waals surface area contributed by atoms with E-state index >= 15 is 0 Å². The first kappa shape index (κ1) is 18.6. The minimum atomic E-state index is 0.586. The molecule has 2 heterocycles. The molecule has 6 nitrogen and oxygen atoms in total. The van der Waals surface area contributed by atoms with Crippen molar-refractivity contribution in [2.45, 2.75) is 16.8 Å². The van der Waals surface area contributed by atoms with Crippen LogP contribution >= 0.6 is 11.8 Å². The number of hydrogen-bond donors (Lipinski definition) is 2. The van der Waals surface area contributed by atoms with Crippen LogP contribution in [0, 0.1) is 6.92 Å². The molecule has 0 radical (unpaired) electrons. The molecule has 0 bridgehead atoms. The predicted molar refractivity (Wildman–Crippen MR) is 115 cm³/mol. The van der Waals surface area contributed by atoms with Gasteiger partial charge in [-0.1, -0.05) is 11.8 Å². The van der Waals surface area contributed by atoms with Crippen molar-refractivity contribution in [2.24, 2.45) is 0 Å². The van der Waals surface area contributed by atoms with Crippen LogP contribution in [-0.4, -0.2) is 36.3 Å². The van der Waals surface area contributed by atoms with Gasteiger partial charge in [0.05, 0.1) is 13.2 Å². The van der Waals surface area contributed by atoms with Gasteiger partial charge in [-0.2, -0.15) is 0 Å². The van der Waals surface area contributed by atoms with Crippen molar-refractivity contribution in [1.82, 2.24) is 9.97 Å². The monoisotopic (exact) mass is 393 g/mol. The maximum absolute atomic E-state index is 5.76. The Labute approximate surface area is 169 Å². The van der Waals surface area contributed by atoms with E-state index < -0.39 is 0 Å². The number of morpholine rings is 1. The summed E-state index contributed by atoms with van der Waals surface area (Å²) in [5.74, 6) is 0.586. The Morgan fingerprint density at radius 3 is 2.46 bits per heavy atom. The first-order valence-electron chi connectivity index (χ1n) is 9.24. The highest BCUT2D eigenvalue weighted by Crippen LogP contribution is 2.30. The molecule has 28 heavy (non-hydrogen) atoms. The zero-order chi connectivity index (χ0) is 19.3. The summed E-state index contributed by atoms with van der Waals surface area (Å²) < 4.78 is 5.41. The Morgan fingerprint density at radius 2 is 1.75 bits per heavy atom. The number of hydrogen-bond acceptors (Lipinski definition) is 7. The lowest BCUT2D eigenvalue weighted by atomic mass is 10.2. The number of ether oxygens (including phenoxy) is 1. The third kappa shape index (κ3) is 4.55. The molecule has 1 fully saturated rings. The third-order valence-electron chi connectivity index (χ3n) is 4.52. The molecule has 3 aromatic rings. The van der Waals surface area contributed by atoms with Crippen LogP contribution in [0.5, 0.6) is 0 Å². The molecule has 1 saturated heterocycles. The maximum Gasteiger partial charge on any atom is 0.228 e. The van der Waals surface area contributed by atoms with Crippen LogP contribution in [0.15, 0.2) is 64.6 Å². The van der Waals surface area contributed by atoms with Crippen LogP contribution in [-0.2, 0) is 4.74 Å². The highest BCUT2D eigenvalue weighted by atomic mass is 32.2. The molecule has 144 valence electrons. The van der Waals surface area contributed by atoms with E-state index in [1.807, 2.05) is 37.4 Å². The van der Waals surface area contributed by atoms with E-state index in [2.05, 4.69) is 44.5 Å². The summed E-state index contributed by atoms with van der Waals surface area (Å²) in [5, 5.41) is 4.22. The van der Waals surface area contributed by atoms with Gasteiger partial charge in [0.2, 0.25) is 5.95 Å². The van der Waals surface area contributed by atoms with E-state index in [1.54, 1.807) is 11.8 Å². The Hall–Kier alpha value is -2.77. The first-order chi connectivity index (χ1) is 13.7. The fourth-order valence-corrected chi connectivity index (χ4v) is 3.78. The van der Waals surface area contributed by atoms with Gasteiger partial charge in [0.1, 0.15) is 5.03 Å². The van der Waals surface area contributed by atoms with Gasteiger partial charge in [-0.3, -0.25) is 0 Å². The minimum absolute atomic E-state index is 0.586. The Kier molecular flexibility index (Phi) is 5.64. The van der Waals surface area contributed by atoms with E-state index in [-0.39, 0.29) is 0 Å². The van der Waals surface area contributed by atoms with Gasteiger partial charge in [0.25, 0.3) is 0 Å². The molecule has 7 heteroatoms. The highest BCUT2D eigenvalue weighted by Gasteiger charge is 2.11. The fraction of sp³-hybridized carbons (Fsp3) is 0.238. The molecule has 0 amide bonds. The Morgan fingerprint density at radius 1 is 1.04 bits per heavy atom. The van der Waals surface area contributed by atoms with E-state index in [1.165, 1.54) is 5.69 Å². The quantitative estimate of drug-likeness (QED) is 0.499. The van der Waals surface area contributed by atoms with Crippen LogP contribution in [0.4, 0.5) is 23.0 Å². The molecule has 2 aromatic carbocycles. The van der Waals surface area contributed by atoms with E-state index in [4.69, 9.17) is 10.5 Å². The van der Waals surface area contributed by atoms with Crippen LogP contribution < -0.4 is 16.0 Å². The second-order valence-corrected chi connectivity index (χ2v) is 7.69. The smallest absolute Gasteiger partial charge is 0.228 e. The average molecular weight is 394 g/mol. The molecule has 0 spiro atoms. The number of anilines is 4. The summed E-state index contributed by atoms with van der Waals surface area (Å²) in [7, 11) is 0. The predicted octanol–water partition coefficient (Wildman–Crippen LogP) is 4.10. The van der Waals surface area contributed by atoms with Crippen LogP contribution in [0.2, 0.25) is 0 Å². The third-order valence-corrected chi connectivity index (χ3v) is 5.63. The summed E-state index contributed by atoms with van der Waals surface area (Å²) in [6, 6.07) is 16.1. The summed E-state index contributed by atoms with van der Waals surface area (Å²) in [6.07, 6.45) is 1.84. The topological polar surface area (TPSA) is 76.3 Å². The zero-order valence-electron chi connectivity index (χ0n) is 15.8. The van der Waals surface area contributed by atoms with Gasteiger partial charge in [-0.15, -0.1) is 0 Å². The molecule has 0 saturated carbocycles. The summed E-state index contributed by atoms with van der Waals surface area (Å²) >= 11 is 1.60. The lowest BCUT2D eigenvalue weighted by molar-refractivity contribution is 0.122. The van der Waals surface area contributed by atoms with Gasteiger partial charge >= 0.3 is 0 Å². The lowest BCUT2D eigenvalue weighted by Gasteiger charge is -2.28. The molecule has 1 aliphatic heterocycles. The minimum Gasteiger partial charge on any atom is -0.399 e. The van der Waals surface area contributed by atoms with Crippen LogP contribution in [0.3, 0.4) is 0 Å². The van der Waals surface area contributed by atoms with Gasteiger partial charge in [0, 0.05) is 46.8 Å².